The maximum Gasteiger partial charge on any atom is 0.243 e. The fourth-order valence-corrected chi connectivity index (χ4v) is 5.35. The Bertz CT molecular complexity index is 988. The van der Waals surface area contributed by atoms with E-state index in [2.05, 4.69) is 19.2 Å². The van der Waals surface area contributed by atoms with E-state index < -0.39 is 10.0 Å². The van der Waals surface area contributed by atoms with E-state index in [4.69, 9.17) is 11.6 Å². The van der Waals surface area contributed by atoms with E-state index in [0.29, 0.717) is 24.4 Å². The van der Waals surface area contributed by atoms with E-state index in [1.54, 1.807) is 12.1 Å². The van der Waals surface area contributed by atoms with Gasteiger partial charge in [-0.1, -0.05) is 43.6 Å². The Morgan fingerprint density at radius 1 is 1.17 bits per heavy atom. The summed E-state index contributed by atoms with van der Waals surface area (Å²) in [5, 5.41) is 3.56. The molecule has 0 aromatic heterocycles. The van der Waals surface area contributed by atoms with Crippen LogP contribution in [0.4, 0.5) is 5.69 Å². The van der Waals surface area contributed by atoms with E-state index in [9.17, 15) is 13.2 Å². The average Bonchev–Trinajstić information content (AvgIpc) is 2.69. The van der Waals surface area contributed by atoms with Crippen LogP contribution in [-0.2, 0) is 14.8 Å². The van der Waals surface area contributed by atoms with Crippen LogP contribution in [0.25, 0.3) is 0 Å². The van der Waals surface area contributed by atoms with Crippen molar-refractivity contribution >= 4 is 33.2 Å². The summed E-state index contributed by atoms with van der Waals surface area (Å²) in [6.07, 6.45) is 1.32. The van der Waals surface area contributed by atoms with Gasteiger partial charge in [0.1, 0.15) is 0 Å². The van der Waals surface area contributed by atoms with E-state index >= 15 is 0 Å². The van der Waals surface area contributed by atoms with Crippen LogP contribution in [0.1, 0.15) is 43.7 Å². The second kappa shape index (κ2) is 8.86. The van der Waals surface area contributed by atoms with Crippen molar-refractivity contribution in [3.8, 4) is 0 Å². The third-order valence-electron chi connectivity index (χ3n) is 5.38. The summed E-state index contributed by atoms with van der Waals surface area (Å²) in [6, 6.07) is 12.1. The number of benzene rings is 2. The van der Waals surface area contributed by atoms with Crippen molar-refractivity contribution < 1.29 is 13.2 Å². The molecule has 0 saturated carbocycles. The number of halogens is 1. The van der Waals surface area contributed by atoms with Crippen LogP contribution in [0, 0.1) is 12.8 Å². The van der Waals surface area contributed by atoms with Gasteiger partial charge in [0.05, 0.1) is 10.8 Å². The van der Waals surface area contributed by atoms with Gasteiger partial charge in [-0.05, 0) is 61.1 Å². The molecule has 3 rings (SSSR count). The molecule has 1 aliphatic heterocycles. The van der Waals surface area contributed by atoms with Gasteiger partial charge in [0.25, 0.3) is 0 Å². The number of rotatable bonds is 5. The SMILES string of the molecule is Cc1cccc(C(C)C)c1NC(=O)[C@@H]1CCCN(S(=O)(=O)c2ccc(Cl)cc2)C1. The van der Waals surface area contributed by atoms with Crippen molar-refractivity contribution in [1.82, 2.24) is 4.31 Å². The lowest BCUT2D eigenvalue weighted by atomic mass is 9.95. The third kappa shape index (κ3) is 4.82. The minimum Gasteiger partial charge on any atom is -0.325 e. The molecular formula is C22H27ClN2O3S. The first-order valence-corrected chi connectivity index (χ1v) is 11.7. The first kappa shape index (κ1) is 21.8. The minimum atomic E-state index is -3.65. The van der Waals surface area contributed by atoms with E-state index in [-0.39, 0.29) is 29.2 Å². The van der Waals surface area contributed by atoms with E-state index in [1.807, 2.05) is 25.1 Å². The van der Waals surface area contributed by atoms with Crippen molar-refractivity contribution in [3.63, 3.8) is 0 Å². The van der Waals surface area contributed by atoms with E-state index in [1.165, 1.54) is 16.4 Å². The monoisotopic (exact) mass is 434 g/mol. The topological polar surface area (TPSA) is 66.5 Å². The number of hydrogen-bond donors (Lipinski definition) is 1. The molecule has 7 heteroatoms. The number of amides is 1. The molecule has 1 fully saturated rings. The maximum atomic E-state index is 13.0. The van der Waals surface area contributed by atoms with Crippen LogP contribution in [0.3, 0.4) is 0 Å². The summed E-state index contributed by atoms with van der Waals surface area (Å²) in [5.41, 5.74) is 2.93. The largest absolute Gasteiger partial charge is 0.325 e. The molecule has 5 nitrogen and oxygen atoms in total. The summed E-state index contributed by atoms with van der Waals surface area (Å²) < 4.78 is 27.4. The quantitative estimate of drug-likeness (QED) is 0.734. The van der Waals surface area contributed by atoms with Crippen molar-refractivity contribution in [2.75, 3.05) is 18.4 Å². The number of carbonyl (C=O) groups is 1. The Hall–Kier alpha value is -1.89. The predicted octanol–water partition coefficient (Wildman–Crippen LogP) is 4.81. The minimum absolute atomic E-state index is 0.128. The highest BCUT2D eigenvalue weighted by Gasteiger charge is 2.33. The lowest BCUT2D eigenvalue weighted by Gasteiger charge is -2.31. The number of anilines is 1. The molecule has 1 heterocycles. The van der Waals surface area contributed by atoms with Gasteiger partial charge in [-0.2, -0.15) is 4.31 Å². The number of piperidine rings is 1. The van der Waals surface area contributed by atoms with Gasteiger partial charge in [0, 0.05) is 23.8 Å². The van der Waals surface area contributed by atoms with Gasteiger partial charge < -0.3 is 5.32 Å². The number of aryl methyl sites for hydroxylation is 1. The Kier molecular flexibility index (Phi) is 6.66. The molecule has 29 heavy (non-hydrogen) atoms. The molecule has 0 spiro atoms. The molecule has 2 aromatic carbocycles. The fourth-order valence-electron chi connectivity index (χ4n) is 3.70. The van der Waals surface area contributed by atoms with Gasteiger partial charge in [-0.15, -0.1) is 0 Å². The highest BCUT2D eigenvalue weighted by Crippen LogP contribution is 2.30. The zero-order valence-corrected chi connectivity index (χ0v) is 18.6. The molecular weight excluding hydrogens is 408 g/mol. The summed E-state index contributed by atoms with van der Waals surface area (Å²) >= 11 is 5.88. The molecule has 1 amide bonds. The van der Waals surface area contributed by atoms with Crippen LogP contribution in [0.15, 0.2) is 47.4 Å². The van der Waals surface area contributed by atoms with Gasteiger partial charge >= 0.3 is 0 Å². The zero-order valence-electron chi connectivity index (χ0n) is 17.0. The van der Waals surface area contributed by atoms with Gasteiger partial charge in [-0.25, -0.2) is 8.42 Å². The molecule has 1 aliphatic rings. The number of carbonyl (C=O) groups excluding carboxylic acids is 1. The first-order chi connectivity index (χ1) is 13.7. The van der Waals surface area contributed by atoms with Gasteiger partial charge in [0.2, 0.25) is 15.9 Å². The van der Waals surface area contributed by atoms with Crippen LogP contribution >= 0.6 is 11.6 Å². The molecule has 1 N–H and O–H groups in total. The molecule has 1 atom stereocenters. The highest BCUT2D eigenvalue weighted by atomic mass is 35.5. The molecule has 0 radical (unpaired) electrons. The Labute approximate surface area is 178 Å². The van der Waals surface area contributed by atoms with Crippen molar-refractivity contribution in [2.24, 2.45) is 5.92 Å². The summed E-state index contributed by atoms with van der Waals surface area (Å²) in [7, 11) is -3.65. The molecule has 0 aliphatic carbocycles. The number of nitrogens with zero attached hydrogens (tertiary/aromatic N) is 1. The molecule has 156 valence electrons. The Morgan fingerprint density at radius 2 is 1.86 bits per heavy atom. The number of hydrogen-bond acceptors (Lipinski definition) is 3. The van der Waals surface area contributed by atoms with Crippen LogP contribution in [0.5, 0.6) is 0 Å². The molecule has 0 unspecified atom stereocenters. The fraction of sp³-hybridized carbons (Fsp3) is 0.409. The molecule has 2 aromatic rings. The van der Waals surface area contributed by atoms with Crippen molar-refractivity contribution in [3.05, 3.63) is 58.6 Å². The summed E-state index contributed by atoms with van der Waals surface area (Å²) in [4.78, 5) is 13.2. The van der Waals surface area contributed by atoms with Gasteiger partial charge in [-0.3, -0.25) is 4.79 Å². The molecule has 0 bridgehead atoms. The number of sulfonamides is 1. The second-order valence-electron chi connectivity index (χ2n) is 7.84. The summed E-state index contributed by atoms with van der Waals surface area (Å²) in [5.74, 6) is -0.235. The Morgan fingerprint density at radius 3 is 2.52 bits per heavy atom. The first-order valence-electron chi connectivity index (χ1n) is 9.86. The maximum absolute atomic E-state index is 13.0. The van der Waals surface area contributed by atoms with Crippen molar-refractivity contribution in [1.29, 1.82) is 0 Å². The molecule has 1 saturated heterocycles. The van der Waals surface area contributed by atoms with Crippen molar-refractivity contribution in [2.45, 2.75) is 44.4 Å². The van der Waals surface area contributed by atoms with Crippen LogP contribution < -0.4 is 5.32 Å². The van der Waals surface area contributed by atoms with E-state index in [0.717, 1.165) is 16.8 Å². The predicted molar refractivity (Wildman–Crippen MR) is 117 cm³/mol. The number of nitrogens with one attached hydrogen (secondary N) is 1. The van der Waals surface area contributed by atoms with Crippen LogP contribution in [-0.4, -0.2) is 31.7 Å². The smallest absolute Gasteiger partial charge is 0.243 e. The Balaban J connectivity index is 1.78. The summed E-state index contributed by atoms with van der Waals surface area (Å²) in [6.45, 7) is 6.74. The lowest BCUT2D eigenvalue weighted by molar-refractivity contribution is -0.120. The normalized spacial score (nSPS) is 18.0. The zero-order chi connectivity index (χ0) is 21.2. The van der Waals surface area contributed by atoms with Crippen LogP contribution in [0.2, 0.25) is 5.02 Å². The van der Waals surface area contributed by atoms with Gasteiger partial charge in [0.15, 0.2) is 0 Å². The lowest BCUT2D eigenvalue weighted by Crippen LogP contribution is -2.43. The average molecular weight is 435 g/mol. The number of para-hydroxylation sites is 1. The highest BCUT2D eigenvalue weighted by molar-refractivity contribution is 7.89. The standard InChI is InChI=1S/C22H27ClN2O3S/c1-15(2)20-8-4-6-16(3)21(20)24-22(26)17-7-5-13-25(14-17)29(27,28)19-11-9-18(23)10-12-19/h4,6,8-12,15,17H,5,7,13-14H2,1-3H3,(H,24,26)/t17-/m1/s1. The second-order valence-corrected chi connectivity index (χ2v) is 10.2. The third-order valence-corrected chi connectivity index (χ3v) is 7.51.